The van der Waals surface area contributed by atoms with Gasteiger partial charge in [0.05, 0.1) is 0 Å². The Morgan fingerprint density at radius 1 is 1.19 bits per heavy atom. The molecule has 2 aliphatic carbocycles. The first-order valence-electron chi connectivity index (χ1n) is 9.92. The van der Waals surface area contributed by atoms with Gasteiger partial charge < -0.3 is 25.2 Å². The first-order chi connectivity index (χ1) is 12.5. The highest BCUT2D eigenvalue weighted by Gasteiger charge is 2.39. The molecule has 1 amide bonds. The molecule has 0 aliphatic heterocycles. The molecule has 0 saturated heterocycles. The van der Waals surface area contributed by atoms with Gasteiger partial charge in [0.1, 0.15) is 6.54 Å². The van der Waals surface area contributed by atoms with Gasteiger partial charge in [0.15, 0.2) is 5.96 Å². The maximum atomic E-state index is 11.9. The standard InChI is InChI=1S/C19H37N5O2.HI/c1-23(2)18(25)14-21-19(20-8-10-24(3)9-5-11-26-4)22-17-13-15-6-7-16(17)12-15;/h15-17H,5-14H2,1-4H3,(H2,20,21,22);1H. The van der Waals surface area contributed by atoms with E-state index in [1.807, 2.05) is 0 Å². The number of carbonyl (C=O) groups is 1. The van der Waals surface area contributed by atoms with Crippen LogP contribution in [-0.4, -0.2) is 88.7 Å². The Balaban J connectivity index is 0.00000364. The molecule has 2 aliphatic rings. The van der Waals surface area contributed by atoms with E-state index < -0.39 is 0 Å². The molecule has 0 heterocycles. The average molecular weight is 495 g/mol. The molecular weight excluding hydrogens is 457 g/mol. The SMILES string of the molecule is COCCCN(C)CCNC(=NCC(=O)N(C)C)NC1CC2CCC1C2.I. The predicted molar refractivity (Wildman–Crippen MR) is 121 cm³/mol. The molecule has 0 aromatic rings. The number of nitrogens with one attached hydrogen (secondary N) is 2. The highest BCUT2D eigenvalue weighted by molar-refractivity contribution is 14.0. The van der Waals surface area contributed by atoms with Crippen molar-refractivity contribution in [3.8, 4) is 0 Å². The fraction of sp³-hybridized carbons (Fsp3) is 0.895. The molecule has 2 rings (SSSR count). The molecule has 3 atom stereocenters. The van der Waals surface area contributed by atoms with Crippen molar-refractivity contribution in [3.63, 3.8) is 0 Å². The van der Waals surface area contributed by atoms with Crippen LogP contribution < -0.4 is 10.6 Å². The zero-order valence-corrected chi connectivity index (χ0v) is 19.7. The minimum absolute atomic E-state index is 0. The number of methoxy groups -OCH3 is 1. The number of halogens is 1. The number of guanidine groups is 1. The Kier molecular flexibility index (Phi) is 11.6. The van der Waals surface area contributed by atoms with Gasteiger partial charge in [-0.3, -0.25) is 4.79 Å². The molecule has 158 valence electrons. The normalized spacial score (nSPS) is 24.0. The van der Waals surface area contributed by atoms with Gasteiger partial charge in [-0.15, -0.1) is 24.0 Å². The van der Waals surface area contributed by atoms with E-state index >= 15 is 0 Å². The maximum absolute atomic E-state index is 11.9. The van der Waals surface area contributed by atoms with Crippen LogP contribution in [0, 0.1) is 11.8 Å². The van der Waals surface area contributed by atoms with Gasteiger partial charge in [-0.25, -0.2) is 4.99 Å². The predicted octanol–water partition coefficient (Wildman–Crippen LogP) is 1.38. The third-order valence-electron chi connectivity index (χ3n) is 5.61. The second kappa shape index (κ2) is 12.8. The lowest BCUT2D eigenvalue weighted by atomic mass is 9.95. The number of amides is 1. The van der Waals surface area contributed by atoms with Crippen molar-refractivity contribution in [2.75, 3.05) is 61.0 Å². The molecule has 7 nitrogen and oxygen atoms in total. The van der Waals surface area contributed by atoms with E-state index in [1.165, 1.54) is 25.7 Å². The number of fused-ring (bicyclic) bond motifs is 2. The number of hydrogen-bond donors (Lipinski definition) is 2. The second-order valence-corrected chi connectivity index (χ2v) is 7.96. The Hall–Kier alpha value is -0.610. The average Bonchev–Trinajstić information content (AvgIpc) is 3.22. The number of ether oxygens (including phenoxy) is 1. The molecule has 8 heteroatoms. The fourth-order valence-electron chi connectivity index (χ4n) is 3.99. The van der Waals surface area contributed by atoms with Crippen molar-refractivity contribution in [1.29, 1.82) is 0 Å². The van der Waals surface area contributed by atoms with Gasteiger partial charge in [0.2, 0.25) is 5.91 Å². The summed E-state index contributed by atoms with van der Waals surface area (Å²) in [6, 6.07) is 0.508. The summed E-state index contributed by atoms with van der Waals surface area (Å²) in [4.78, 5) is 20.3. The monoisotopic (exact) mass is 495 g/mol. The second-order valence-electron chi connectivity index (χ2n) is 7.96. The molecule has 0 spiro atoms. The third kappa shape index (κ3) is 8.51. The van der Waals surface area contributed by atoms with E-state index in [2.05, 4.69) is 27.6 Å². The molecule has 2 bridgehead atoms. The summed E-state index contributed by atoms with van der Waals surface area (Å²) in [5.41, 5.74) is 0. The number of nitrogens with zero attached hydrogens (tertiary/aromatic N) is 3. The highest BCUT2D eigenvalue weighted by Crippen LogP contribution is 2.44. The van der Waals surface area contributed by atoms with E-state index in [0.717, 1.165) is 50.5 Å². The number of likely N-dealkylation sites (N-methyl/N-ethyl adjacent to an activating group) is 2. The Bertz CT molecular complexity index is 475. The largest absolute Gasteiger partial charge is 0.385 e. The van der Waals surface area contributed by atoms with Crippen molar-refractivity contribution in [2.24, 2.45) is 16.8 Å². The first kappa shape index (κ1) is 24.4. The quantitative estimate of drug-likeness (QED) is 0.208. The van der Waals surface area contributed by atoms with Crippen molar-refractivity contribution in [3.05, 3.63) is 0 Å². The number of aliphatic imine (C=N–C) groups is 1. The molecular formula is C19H38IN5O2. The summed E-state index contributed by atoms with van der Waals surface area (Å²) in [6.45, 7) is 3.74. The highest BCUT2D eigenvalue weighted by atomic mass is 127. The maximum Gasteiger partial charge on any atom is 0.243 e. The summed E-state index contributed by atoms with van der Waals surface area (Å²) < 4.78 is 5.10. The van der Waals surface area contributed by atoms with E-state index in [4.69, 9.17) is 4.74 Å². The summed E-state index contributed by atoms with van der Waals surface area (Å²) in [5, 5.41) is 7.01. The van der Waals surface area contributed by atoms with E-state index in [9.17, 15) is 4.79 Å². The summed E-state index contributed by atoms with van der Waals surface area (Å²) >= 11 is 0. The Morgan fingerprint density at radius 3 is 2.56 bits per heavy atom. The van der Waals surface area contributed by atoms with Crippen LogP contribution >= 0.6 is 24.0 Å². The van der Waals surface area contributed by atoms with Gasteiger partial charge >= 0.3 is 0 Å². The van der Waals surface area contributed by atoms with E-state index in [-0.39, 0.29) is 36.4 Å². The molecule has 27 heavy (non-hydrogen) atoms. The lowest BCUT2D eigenvalue weighted by Crippen LogP contribution is -2.47. The minimum Gasteiger partial charge on any atom is -0.385 e. The number of carbonyl (C=O) groups excluding carboxylic acids is 1. The van der Waals surface area contributed by atoms with Crippen LogP contribution in [-0.2, 0) is 9.53 Å². The van der Waals surface area contributed by atoms with Gasteiger partial charge in [-0.2, -0.15) is 0 Å². The fourth-order valence-corrected chi connectivity index (χ4v) is 3.99. The number of rotatable bonds is 10. The van der Waals surface area contributed by atoms with Gasteiger partial charge in [0.25, 0.3) is 0 Å². The molecule has 0 radical (unpaired) electrons. The molecule has 2 saturated carbocycles. The van der Waals surface area contributed by atoms with Crippen LogP contribution in [0.4, 0.5) is 0 Å². The van der Waals surface area contributed by atoms with Gasteiger partial charge in [-0.05, 0) is 44.6 Å². The van der Waals surface area contributed by atoms with E-state index in [1.54, 1.807) is 26.1 Å². The smallest absolute Gasteiger partial charge is 0.243 e. The summed E-state index contributed by atoms with van der Waals surface area (Å²) in [6.07, 6.45) is 6.34. The molecule has 0 aromatic heterocycles. The first-order valence-corrected chi connectivity index (χ1v) is 9.92. The molecule has 2 fully saturated rings. The Labute approximate surface area is 181 Å². The van der Waals surface area contributed by atoms with E-state index in [0.29, 0.717) is 6.04 Å². The topological polar surface area (TPSA) is 69.2 Å². The van der Waals surface area contributed by atoms with Crippen molar-refractivity contribution in [2.45, 2.75) is 38.1 Å². The van der Waals surface area contributed by atoms with Crippen molar-refractivity contribution < 1.29 is 9.53 Å². The minimum atomic E-state index is 0. The van der Waals surface area contributed by atoms with Crippen molar-refractivity contribution >= 4 is 35.8 Å². The summed E-state index contributed by atoms with van der Waals surface area (Å²) in [5.74, 6) is 2.46. The third-order valence-corrected chi connectivity index (χ3v) is 5.61. The lowest BCUT2D eigenvalue weighted by Gasteiger charge is -2.26. The van der Waals surface area contributed by atoms with Crippen molar-refractivity contribution in [1.82, 2.24) is 20.4 Å². The van der Waals surface area contributed by atoms with Crippen LogP contribution in [0.1, 0.15) is 32.1 Å². The van der Waals surface area contributed by atoms with Crippen LogP contribution in [0.2, 0.25) is 0 Å². The molecule has 2 N–H and O–H groups in total. The van der Waals surface area contributed by atoms with Crippen LogP contribution in [0.25, 0.3) is 0 Å². The van der Waals surface area contributed by atoms with Crippen LogP contribution in [0.3, 0.4) is 0 Å². The zero-order chi connectivity index (χ0) is 18.9. The van der Waals surface area contributed by atoms with Crippen LogP contribution in [0.5, 0.6) is 0 Å². The zero-order valence-electron chi connectivity index (χ0n) is 17.4. The summed E-state index contributed by atoms with van der Waals surface area (Å²) in [7, 11) is 7.39. The number of hydrogen-bond acceptors (Lipinski definition) is 4. The van der Waals surface area contributed by atoms with Gasteiger partial charge in [-0.1, -0.05) is 6.42 Å². The molecule has 0 aromatic carbocycles. The van der Waals surface area contributed by atoms with Gasteiger partial charge in [0, 0.05) is 53.5 Å². The molecule has 3 unspecified atom stereocenters. The lowest BCUT2D eigenvalue weighted by molar-refractivity contribution is -0.127. The Morgan fingerprint density at radius 2 is 1.96 bits per heavy atom. The van der Waals surface area contributed by atoms with Crippen LogP contribution in [0.15, 0.2) is 4.99 Å².